The SMILES string of the molecule is C#CCn1n[c]([AlH2])c(=O)n(CC(F)(F)F)c1=O. The van der Waals surface area contributed by atoms with Crippen molar-refractivity contribution in [2.45, 2.75) is 19.3 Å². The Morgan fingerprint density at radius 3 is 2.47 bits per heavy atom. The van der Waals surface area contributed by atoms with Crippen LogP contribution in [-0.2, 0) is 13.1 Å². The Hall–Kier alpha value is -1.51. The maximum Gasteiger partial charge on any atom is 0.406 e. The number of terminal acetylenes is 1. The zero-order chi connectivity index (χ0) is 13.2. The molecule has 0 radical (unpaired) electrons. The summed E-state index contributed by atoms with van der Waals surface area (Å²) < 4.78 is 37.3. The van der Waals surface area contributed by atoms with E-state index in [0.29, 0.717) is 4.68 Å². The molecule has 0 N–H and O–H groups in total. The molecule has 0 spiro atoms. The largest absolute Gasteiger partial charge is 0.406 e. The highest BCUT2D eigenvalue weighted by molar-refractivity contribution is 6.30. The molecule has 0 aliphatic heterocycles. The highest BCUT2D eigenvalue weighted by atomic mass is 27.0. The van der Waals surface area contributed by atoms with Gasteiger partial charge in [0.15, 0.2) is 0 Å². The third-order valence-electron chi connectivity index (χ3n) is 1.86. The number of hydrogen-bond acceptors (Lipinski definition) is 3. The summed E-state index contributed by atoms with van der Waals surface area (Å²) in [6.07, 6.45) is 0.300. The van der Waals surface area contributed by atoms with Gasteiger partial charge in [-0.2, -0.15) is 18.3 Å². The molecule has 0 aliphatic carbocycles. The Kier molecular flexibility index (Phi) is 3.81. The molecule has 0 saturated carbocycles. The minimum atomic E-state index is -4.65. The molecule has 0 fully saturated rings. The topological polar surface area (TPSA) is 56.9 Å². The van der Waals surface area contributed by atoms with Crippen molar-refractivity contribution in [2.75, 3.05) is 0 Å². The summed E-state index contributed by atoms with van der Waals surface area (Å²) in [6, 6.07) is 0. The Balaban J connectivity index is 3.44. The number of aromatic nitrogens is 3. The maximum atomic E-state index is 12.2. The van der Waals surface area contributed by atoms with Crippen LogP contribution in [0, 0.1) is 12.3 Å². The molecule has 0 amide bonds. The minimum Gasteiger partial charge on any atom is -0.269 e. The highest BCUT2D eigenvalue weighted by Gasteiger charge is 2.30. The quantitative estimate of drug-likeness (QED) is 0.451. The van der Waals surface area contributed by atoms with Crippen LogP contribution in [0.4, 0.5) is 13.2 Å². The summed E-state index contributed by atoms with van der Waals surface area (Å²) in [5.41, 5.74) is -2.16. The average molecular weight is 261 g/mol. The van der Waals surface area contributed by atoms with Crippen LogP contribution in [-0.4, -0.2) is 36.8 Å². The second-order valence-electron chi connectivity index (χ2n) is 3.24. The monoisotopic (exact) mass is 261 g/mol. The van der Waals surface area contributed by atoms with Crippen LogP contribution < -0.4 is 15.8 Å². The van der Waals surface area contributed by atoms with Crippen molar-refractivity contribution in [3.8, 4) is 12.3 Å². The van der Waals surface area contributed by atoms with E-state index in [-0.39, 0.29) is 32.0 Å². The lowest BCUT2D eigenvalue weighted by molar-refractivity contribution is -0.142. The molecule has 1 heterocycles. The summed E-state index contributed by atoms with van der Waals surface area (Å²) in [4.78, 5) is 22.9. The summed E-state index contributed by atoms with van der Waals surface area (Å²) in [5, 5.41) is 3.58. The number of nitrogens with zero attached hydrogens (tertiary/aromatic N) is 3. The second kappa shape index (κ2) is 4.78. The van der Waals surface area contributed by atoms with Gasteiger partial charge in [-0.1, -0.05) is 5.92 Å². The van der Waals surface area contributed by atoms with Crippen LogP contribution in [0.15, 0.2) is 9.59 Å². The molecule has 90 valence electrons. The first-order chi connectivity index (χ1) is 7.76. The van der Waals surface area contributed by atoms with Gasteiger partial charge in [-0.3, -0.25) is 4.79 Å². The van der Waals surface area contributed by atoms with Crippen molar-refractivity contribution >= 4 is 20.8 Å². The maximum absolute atomic E-state index is 12.2. The molecule has 0 aromatic carbocycles. The van der Waals surface area contributed by atoms with E-state index in [9.17, 15) is 22.8 Å². The van der Waals surface area contributed by atoms with Crippen LogP contribution in [0.1, 0.15) is 0 Å². The van der Waals surface area contributed by atoms with Gasteiger partial charge in [0.05, 0.1) is 0 Å². The van der Waals surface area contributed by atoms with E-state index in [1.54, 1.807) is 0 Å². The number of rotatable bonds is 2. The average Bonchev–Trinajstić information content (AvgIpc) is 2.20. The Labute approximate surface area is 101 Å². The van der Waals surface area contributed by atoms with E-state index in [0.717, 1.165) is 0 Å². The molecule has 1 aromatic rings. The van der Waals surface area contributed by atoms with Crippen molar-refractivity contribution in [1.82, 2.24) is 14.3 Å². The van der Waals surface area contributed by atoms with Gasteiger partial charge in [0, 0.05) is 4.56 Å². The summed E-state index contributed by atoms with van der Waals surface area (Å²) >= 11 is 0.130. The lowest BCUT2D eigenvalue weighted by Crippen LogP contribution is -2.51. The van der Waals surface area contributed by atoms with Gasteiger partial charge in [-0.15, -0.1) is 6.42 Å². The van der Waals surface area contributed by atoms with Crippen molar-refractivity contribution in [1.29, 1.82) is 0 Å². The van der Waals surface area contributed by atoms with Crippen LogP contribution in [0.5, 0.6) is 0 Å². The van der Waals surface area contributed by atoms with Crippen molar-refractivity contribution in [2.24, 2.45) is 0 Å². The summed E-state index contributed by atoms with van der Waals surface area (Å²) in [5.74, 6) is 2.08. The van der Waals surface area contributed by atoms with E-state index < -0.39 is 24.0 Å². The lowest BCUT2D eigenvalue weighted by Gasteiger charge is -2.11. The van der Waals surface area contributed by atoms with E-state index in [4.69, 9.17) is 6.42 Å². The van der Waals surface area contributed by atoms with Gasteiger partial charge in [0.2, 0.25) is 0 Å². The molecule has 1 aromatic heterocycles. The standard InChI is InChI=1S/C8H5F3N3O2.Al.2H/c1-2-3-14-7(16)13(5-8(9,10)11)6(15)4-12-14;;;/h1H,3,5H2;;;. The van der Waals surface area contributed by atoms with Gasteiger partial charge in [-0.05, 0) is 0 Å². The molecule has 5 nitrogen and oxygen atoms in total. The van der Waals surface area contributed by atoms with Crippen molar-refractivity contribution in [3.63, 3.8) is 0 Å². The van der Waals surface area contributed by atoms with E-state index in [1.165, 1.54) is 0 Å². The third-order valence-corrected chi connectivity index (χ3v) is 2.48. The summed E-state index contributed by atoms with van der Waals surface area (Å²) in [6.45, 7) is -1.90. The Bertz CT molecular complexity index is 582. The van der Waals surface area contributed by atoms with Crippen LogP contribution in [0.3, 0.4) is 0 Å². The first-order valence-corrected chi connectivity index (χ1v) is 5.45. The Morgan fingerprint density at radius 1 is 1.41 bits per heavy atom. The molecule has 0 aliphatic rings. The van der Waals surface area contributed by atoms with Crippen molar-refractivity contribution < 1.29 is 13.2 Å². The van der Waals surface area contributed by atoms with Gasteiger partial charge in [-0.25, -0.2) is 14.0 Å². The fraction of sp³-hybridized carbons (Fsp3) is 0.375. The molecule has 1 rings (SSSR count). The van der Waals surface area contributed by atoms with Crippen LogP contribution in [0.2, 0.25) is 0 Å². The molecule has 9 heteroatoms. The van der Waals surface area contributed by atoms with E-state index in [2.05, 4.69) is 11.0 Å². The van der Waals surface area contributed by atoms with Gasteiger partial charge in [0.25, 0.3) is 5.56 Å². The molecule has 0 atom stereocenters. The van der Waals surface area contributed by atoms with Gasteiger partial charge in [0.1, 0.15) is 13.1 Å². The van der Waals surface area contributed by atoms with E-state index >= 15 is 0 Å². The predicted octanol–water partition coefficient (Wildman–Crippen LogP) is -2.14. The Morgan fingerprint density at radius 2 is 2.00 bits per heavy atom. The first kappa shape index (κ1) is 13.6. The molecular formula is C8H7AlF3N3O2. The highest BCUT2D eigenvalue weighted by Crippen LogP contribution is 2.15. The van der Waals surface area contributed by atoms with Gasteiger partial charge < -0.3 is 0 Å². The number of alkyl halides is 3. The van der Waals surface area contributed by atoms with Crippen LogP contribution in [0.25, 0.3) is 0 Å². The molecule has 0 bridgehead atoms. The third kappa shape index (κ3) is 3.22. The smallest absolute Gasteiger partial charge is 0.269 e. The van der Waals surface area contributed by atoms with Crippen LogP contribution >= 0.6 is 0 Å². The fourth-order valence-corrected chi connectivity index (χ4v) is 1.71. The minimum absolute atomic E-state index is 0.0795. The van der Waals surface area contributed by atoms with Gasteiger partial charge >= 0.3 is 28.2 Å². The lowest BCUT2D eigenvalue weighted by atomic mass is 10.6. The molecule has 0 saturated heterocycles. The zero-order valence-electron chi connectivity index (χ0n) is 8.78. The first-order valence-electron chi connectivity index (χ1n) is 4.45. The predicted molar refractivity (Wildman–Crippen MR) is 55.8 cm³/mol. The molecule has 0 unspecified atom stereocenters. The molecule has 17 heavy (non-hydrogen) atoms. The second-order valence-corrected chi connectivity index (χ2v) is 4.18. The number of halogens is 3. The fourth-order valence-electron chi connectivity index (χ4n) is 1.20. The molecular weight excluding hydrogens is 254 g/mol. The summed E-state index contributed by atoms with van der Waals surface area (Å²) in [7, 11) is 0. The number of hydrogen-bond donors (Lipinski definition) is 0. The normalized spacial score (nSPS) is 11.2. The van der Waals surface area contributed by atoms with E-state index in [1.807, 2.05) is 0 Å². The van der Waals surface area contributed by atoms with Crippen molar-refractivity contribution in [3.05, 3.63) is 20.8 Å². The zero-order valence-corrected chi connectivity index (χ0v) is 10.8.